The standard InChI is InChI=1S/C12H25N3O2/c1-12(13,10-4-5-10)11(16)14-6-7-15(2)8-9-17-3/h10H,4-9,13H2,1-3H3,(H,14,16). The fraction of sp³-hybridized carbons (Fsp3) is 0.917. The first-order valence-electron chi connectivity index (χ1n) is 6.23. The van der Waals surface area contributed by atoms with Crippen LogP contribution in [0.25, 0.3) is 0 Å². The number of ether oxygens (including phenoxy) is 1. The average Bonchev–Trinajstić information content (AvgIpc) is 3.10. The molecule has 0 radical (unpaired) electrons. The summed E-state index contributed by atoms with van der Waals surface area (Å²) in [5.41, 5.74) is 5.33. The number of methoxy groups -OCH3 is 1. The molecule has 1 atom stereocenters. The highest BCUT2D eigenvalue weighted by molar-refractivity contribution is 5.86. The van der Waals surface area contributed by atoms with Crippen LogP contribution in [0.1, 0.15) is 19.8 Å². The lowest BCUT2D eigenvalue weighted by molar-refractivity contribution is -0.126. The molecule has 5 heteroatoms. The largest absolute Gasteiger partial charge is 0.383 e. The van der Waals surface area contributed by atoms with E-state index in [-0.39, 0.29) is 5.91 Å². The average molecular weight is 243 g/mol. The molecule has 1 saturated carbocycles. The molecule has 17 heavy (non-hydrogen) atoms. The van der Waals surface area contributed by atoms with E-state index >= 15 is 0 Å². The quantitative estimate of drug-likeness (QED) is 0.620. The van der Waals surface area contributed by atoms with Gasteiger partial charge in [-0.2, -0.15) is 0 Å². The summed E-state index contributed by atoms with van der Waals surface area (Å²) < 4.78 is 4.98. The minimum absolute atomic E-state index is 0.0276. The Kier molecular flexibility index (Phi) is 5.36. The molecule has 0 aromatic carbocycles. The molecule has 5 nitrogen and oxygen atoms in total. The third-order valence-corrected chi connectivity index (χ3v) is 3.37. The summed E-state index contributed by atoms with van der Waals surface area (Å²) in [5, 5.41) is 2.91. The van der Waals surface area contributed by atoms with Crippen molar-refractivity contribution in [3.63, 3.8) is 0 Å². The number of nitrogens with two attached hydrogens (primary N) is 1. The van der Waals surface area contributed by atoms with E-state index < -0.39 is 5.54 Å². The van der Waals surface area contributed by atoms with Gasteiger partial charge in [0.1, 0.15) is 0 Å². The number of likely N-dealkylation sites (N-methyl/N-ethyl adjacent to an activating group) is 1. The van der Waals surface area contributed by atoms with Gasteiger partial charge in [0.2, 0.25) is 5.91 Å². The van der Waals surface area contributed by atoms with Crippen LogP contribution in [0.15, 0.2) is 0 Å². The van der Waals surface area contributed by atoms with Crippen LogP contribution in [0.4, 0.5) is 0 Å². The lowest BCUT2D eigenvalue weighted by Crippen LogP contribution is -2.54. The number of hydrogen-bond acceptors (Lipinski definition) is 4. The van der Waals surface area contributed by atoms with E-state index in [2.05, 4.69) is 10.2 Å². The van der Waals surface area contributed by atoms with Crippen LogP contribution in [0.2, 0.25) is 0 Å². The molecular weight excluding hydrogens is 218 g/mol. The molecule has 1 rings (SSSR count). The maximum Gasteiger partial charge on any atom is 0.240 e. The van der Waals surface area contributed by atoms with Gasteiger partial charge < -0.3 is 20.7 Å². The summed E-state index contributed by atoms with van der Waals surface area (Å²) in [6.45, 7) is 4.86. The second-order valence-corrected chi connectivity index (χ2v) is 5.11. The van der Waals surface area contributed by atoms with Crippen molar-refractivity contribution in [3.05, 3.63) is 0 Å². The van der Waals surface area contributed by atoms with E-state index in [0.717, 1.165) is 25.9 Å². The van der Waals surface area contributed by atoms with E-state index in [0.29, 0.717) is 19.1 Å². The van der Waals surface area contributed by atoms with Crippen LogP contribution in [0.3, 0.4) is 0 Å². The number of amides is 1. The van der Waals surface area contributed by atoms with Crippen molar-refractivity contribution in [2.24, 2.45) is 11.7 Å². The lowest BCUT2D eigenvalue weighted by Gasteiger charge is -2.24. The molecule has 0 aromatic heterocycles. The summed E-state index contributed by atoms with van der Waals surface area (Å²) in [5.74, 6) is 0.342. The number of carbonyl (C=O) groups is 1. The Morgan fingerprint density at radius 3 is 2.71 bits per heavy atom. The second-order valence-electron chi connectivity index (χ2n) is 5.11. The number of nitrogens with one attached hydrogen (secondary N) is 1. The summed E-state index contributed by atoms with van der Waals surface area (Å²) >= 11 is 0. The van der Waals surface area contributed by atoms with Gasteiger partial charge >= 0.3 is 0 Å². The van der Waals surface area contributed by atoms with Gasteiger partial charge in [-0.15, -0.1) is 0 Å². The van der Waals surface area contributed by atoms with Crippen LogP contribution in [-0.2, 0) is 9.53 Å². The summed E-state index contributed by atoms with van der Waals surface area (Å²) in [4.78, 5) is 14.0. The number of nitrogens with zero attached hydrogens (tertiary/aromatic N) is 1. The van der Waals surface area contributed by atoms with E-state index in [9.17, 15) is 4.79 Å². The van der Waals surface area contributed by atoms with Crippen LogP contribution >= 0.6 is 0 Å². The van der Waals surface area contributed by atoms with Gasteiger partial charge in [-0.1, -0.05) is 0 Å². The molecule has 0 bridgehead atoms. The second kappa shape index (κ2) is 6.33. The van der Waals surface area contributed by atoms with Gasteiger partial charge in [0.25, 0.3) is 0 Å². The highest BCUT2D eigenvalue weighted by Gasteiger charge is 2.43. The normalized spacial score (nSPS) is 19.1. The predicted molar refractivity (Wildman–Crippen MR) is 67.7 cm³/mol. The van der Waals surface area contributed by atoms with E-state index in [1.54, 1.807) is 7.11 Å². The number of rotatable bonds is 8. The van der Waals surface area contributed by atoms with Crippen LogP contribution in [0.5, 0.6) is 0 Å². The fourth-order valence-electron chi connectivity index (χ4n) is 1.78. The van der Waals surface area contributed by atoms with Crippen molar-refractivity contribution >= 4 is 5.91 Å². The van der Waals surface area contributed by atoms with Crippen molar-refractivity contribution in [3.8, 4) is 0 Å². The maximum atomic E-state index is 11.9. The van der Waals surface area contributed by atoms with Gasteiger partial charge in [-0.05, 0) is 32.7 Å². The molecule has 1 fully saturated rings. The number of hydrogen-bond donors (Lipinski definition) is 2. The van der Waals surface area contributed by atoms with E-state index in [1.165, 1.54) is 0 Å². The van der Waals surface area contributed by atoms with Crippen LogP contribution in [0, 0.1) is 5.92 Å². The molecule has 0 saturated heterocycles. The Balaban J connectivity index is 2.15. The first-order valence-corrected chi connectivity index (χ1v) is 6.23. The lowest BCUT2D eigenvalue weighted by atomic mass is 9.96. The van der Waals surface area contributed by atoms with Gasteiger partial charge in [0, 0.05) is 26.7 Å². The smallest absolute Gasteiger partial charge is 0.240 e. The van der Waals surface area contributed by atoms with E-state index in [4.69, 9.17) is 10.5 Å². The molecule has 1 aliphatic carbocycles. The van der Waals surface area contributed by atoms with Crippen molar-refractivity contribution in [1.82, 2.24) is 10.2 Å². The number of carbonyl (C=O) groups excluding carboxylic acids is 1. The Hall–Kier alpha value is -0.650. The Labute approximate surface area is 104 Å². The molecular formula is C12H25N3O2. The molecule has 1 amide bonds. The van der Waals surface area contributed by atoms with Crippen LogP contribution in [-0.4, -0.2) is 56.7 Å². The Morgan fingerprint density at radius 2 is 2.18 bits per heavy atom. The topological polar surface area (TPSA) is 67.6 Å². The van der Waals surface area contributed by atoms with E-state index in [1.807, 2.05) is 14.0 Å². The first kappa shape index (κ1) is 14.4. The highest BCUT2D eigenvalue weighted by Crippen LogP contribution is 2.37. The Bertz CT molecular complexity index is 252. The zero-order chi connectivity index (χ0) is 12.9. The molecule has 0 aliphatic heterocycles. The molecule has 0 aromatic rings. The van der Waals surface area contributed by atoms with Crippen molar-refractivity contribution < 1.29 is 9.53 Å². The third-order valence-electron chi connectivity index (χ3n) is 3.37. The summed E-state index contributed by atoms with van der Waals surface area (Å²) in [6, 6.07) is 0. The summed E-state index contributed by atoms with van der Waals surface area (Å²) in [6.07, 6.45) is 2.16. The zero-order valence-electron chi connectivity index (χ0n) is 11.2. The SMILES string of the molecule is COCCN(C)CCNC(=O)C(C)(N)C1CC1. The van der Waals surface area contributed by atoms with Crippen molar-refractivity contribution in [2.75, 3.05) is 40.4 Å². The molecule has 3 N–H and O–H groups in total. The fourth-order valence-corrected chi connectivity index (χ4v) is 1.78. The van der Waals surface area contributed by atoms with Crippen LogP contribution < -0.4 is 11.1 Å². The molecule has 1 aliphatic rings. The van der Waals surface area contributed by atoms with Gasteiger partial charge in [-0.3, -0.25) is 4.79 Å². The molecule has 0 heterocycles. The summed E-state index contributed by atoms with van der Waals surface area (Å²) in [7, 11) is 3.69. The monoisotopic (exact) mass is 243 g/mol. The predicted octanol–water partition coefficient (Wildman–Crippen LogP) is -0.192. The van der Waals surface area contributed by atoms with Crippen molar-refractivity contribution in [1.29, 1.82) is 0 Å². The Morgan fingerprint density at radius 1 is 1.53 bits per heavy atom. The zero-order valence-corrected chi connectivity index (χ0v) is 11.2. The minimum atomic E-state index is -0.689. The highest BCUT2D eigenvalue weighted by atomic mass is 16.5. The molecule has 1 unspecified atom stereocenters. The maximum absolute atomic E-state index is 11.9. The van der Waals surface area contributed by atoms with Gasteiger partial charge in [-0.25, -0.2) is 0 Å². The molecule has 0 spiro atoms. The van der Waals surface area contributed by atoms with Crippen molar-refractivity contribution in [2.45, 2.75) is 25.3 Å². The third kappa shape index (κ3) is 4.61. The van der Waals surface area contributed by atoms with Gasteiger partial charge in [0.15, 0.2) is 0 Å². The van der Waals surface area contributed by atoms with Gasteiger partial charge in [0.05, 0.1) is 12.1 Å². The molecule has 100 valence electrons. The first-order chi connectivity index (χ1) is 7.98. The minimum Gasteiger partial charge on any atom is -0.383 e.